The van der Waals surface area contributed by atoms with Gasteiger partial charge in [-0.3, -0.25) is 4.79 Å². The van der Waals surface area contributed by atoms with Gasteiger partial charge in [0.15, 0.2) is 5.78 Å². The first-order valence-electron chi connectivity index (χ1n) is 9.07. The molecule has 1 aliphatic carbocycles. The first-order valence-corrected chi connectivity index (χ1v) is 9.07. The molecule has 1 amide bonds. The van der Waals surface area contributed by atoms with Crippen molar-refractivity contribution in [2.45, 2.75) is 70.9 Å². The number of hydrogen-bond acceptors (Lipinski definition) is 5. The van der Waals surface area contributed by atoms with Crippen LogP contribution in [0.2, 0.25) is 0 Å². The number of carbonyl (C=O) groups is 2. The van der Waals surface area contributed by atoms with Gasteiger partial charge in [0.1, 0.15) is 11.4 Å². The molecule has 6 nitrogen and oxygen atoms in total. The zero-order valence-corrected chi connectivity index (χ0v) is 15.4. The number of Topliss-reactive ketones (excluding diaryl/α,β-unsaturated/α-hetero) is 1. The average Bonchev–Trinajstić information content (AvgIpc) is 2.49. The van der Waals surface area contributed by atoms with E-state index in [9.17, 15) is 9.59 Å². The van der Waals surface area contributed by atoms with Crippen molar-refractivity contribution in [2.24, 2.45) is 0 Å². The molecule has 1 aromatic rings. The first kappa shape index (κ1) is 19.2. The second-order valence-corrected chi connectivity index (χ2v) is 7.48. The number of nitrogens with one attached hydrogen (secondary N) is 2. The Morgan fingerprint density at radius 2 is 2.04 bits per heavy atom. The van der Waals surface area contributed by atoms with Crippen molar-refractivity contribution in [3.63, 3.8) is 0 Å². The maximum Gasteiger partial charge on any atom is 0.407 e. The molecule has 1 saturated carbocycles. The van der Waals surface area contributed by atoms with E-state index in [1.807, 2.05) is 26.8 Å². The molecule has 0 radical (unpaired) electrons. The summed E-state index contributed by atoms with van der Waals surface area (Å²) >= 11 is 0. The molecule has 0 aliphatic heterocycles. The van der Waals surface area contributed by atoms with Gasteiger partial charge in [0.2, 0.25) is 0 Å². The minimum Gasteiger partial charge on any atom is -0.444 e. The number of ether oxygens (including phenoxy) is 1. The molecule has 0 saturated heterocycles. The third-order valence-corrected chi connectivity index (χ3v) is 4.05. The Morgan fingerprint density at radius 1 is 1.28 bits per heavy atom. The van der Waals surface area contributed by atoms with E-state index in [2.05, 4.69) is 15.6 Å². The van der Waals surface area contributed by atoms with E-state index in [0.29, 0.717) is 36.8 Å². The molecule has 0 unspecified atom stereocenters. The number of anilines is 1. The smallest absolute Gasteiger partial charge is 0.407 e. The molecular weight excluding hydrogens is 318 g/mol. The summed E-state index contributed by atoms with van der Waals surface area (Å²) in [6.45, 7) is 5.99. The molecule has 0 bridgehead atoms. The largest absolute Gasteiger partial charge is 0.444 e. The van der Waals surface area contributed by atoms with E-state index in [4.69, 9.17) is 4.74 Å². The molecule has 1 aromatic heterocycles. The van der Waals surface area contributed by atoms with E-state index < -0.39 is 11.7 Å². The number of rotatable bonds is 8. The standard InChI is InChI=1S/C19H29N3O3/c1-19(2,3)25-18(24)21-12-5-4-11-16(23)15-10-7-13-20-17(15)22-14-8-6-9-14/h7,10,13-14H,4-6,8-9,11-12H2,1-3H3,(H,20,22)(H,21,24). The fraction of sp³-hybridized carbons (Fsp3) is 0.632. The highest BCUT2D eigenvalue weighted by atomic mass is 16.6. The zero-order chi connectivity index (χ0) is 18.3. The third kappa shape index (κ3) is 6.72. The minimum absolute atomic E-state index is 0.0900. The van der Waals surface area contributed by atoms with Crippen molar-refractivity contribution < 1.29 is 14.3 Å². The van der Waals surface area contributed by atoms with Crippen LogP contribution in [0.5, 0.6) is 0 Å². The summed E-state index contributed by atoms with van der Waals surface area (Å²) in [5.41, 5.74) is 0.166. The number of carbonyl (C=O) groups excluding carboxylic acids is 2. The van der Waals surface area contributed by atoms with Crippen molar-refractivity contribution in [3.05, 3.63) is 23.9 Å². The molecule has 2 rings (SSSR count). The van der Waals surface area contributed by atoms with Crippen molar-refractivity contribution in [1.29, 1.82) is 0 Å². The molecule has 0 atom stereocenters. The summed E-state index contributed by atoms with van der Waals surface area (Å²) < 4.78 is 5.17. The molecule has 1 aliphatic rings. The molecule has 1 fully saturated rings. The molecule has 138 valence electrons. The Hall–Kier alpha value is -2.11. The Bertz CT molecular complexity index is 592. The van der Waals surface area contributed by atoms with Gasteiger partial charge in [-0.05, 0) is 65.0 Å². The topological polar surface area (TPSA) is 80.3 Å². The van der Waals surface area contributed by atoms with E-state index >= 15 is 0 Å². The van der Waals surface area contributed by atoms with Gasteiger partial charge >= 0.3 is 6.09 Å². The van der Waals surface area contributed by atoms with Crippen molar-refractivity contribution >= 4 is 17.7 Å². The van der Waals surface area contributed by atoms with Crippen LogP contribution in [-0.4, -0.2) is 35.0 Å². The predicted molar refractivity (Wildman–Crippen MR) is 97.9 cm³/mol. The lowest BCUT2D eigenvalue weighted by Gasteiger charge is -2.27. The number of aromatic nitrogens is 1. The van der Waals surface area contributed by atoms with Gasteiger partial charge in [0.25, 0.3) is 0 Å². The summed E-state index contributed by atoms with van der Waals surface area (Å²) in [5.74, 6) is 0.788. The Kier molecular flexibility index (Phi) is 6.79. The number of ketones is 1. The highest BCUT2D eigenvalue weighted by Gasteiger charge is 2.20. The predicted octanol–water partition coefficient (Wildman–Crippen LogP) is 3.92. The summed E-state index contributed by atoms with van der Waals surface area (Å²) in [4.78, 5) is 28.3. The quantitative estimate of drug-likeness (QED) is 0.550. The minimum atomic E-state index is -0.496. The van der Waals surface area contributed by atoms with Crippen LogP contribution in [0.15, 0.2) is 18.3 Å². The molecule has 0 aromatic carbocycles. The molecule has 2 N–H and O–H groups in total. The normalized spacial score (nSPS) is 14.5. The zero-order valence-electron chi connectivity index (χ0n) is 15.4. The number of amides is 1. The lowest BCUT2D eigenvalue weighted by Crippen LogP contribution is -2.33. The van der Waals surface area contributed by atoms with Gasteiger partial charge in [-0.15, -0.1) is 0 Å². The van der Waals surface area contributed by atoms with Gasteiger partial charge in [0, 0.05) is 25.2 Å². The van der Waals surface area contributed by atoms with Crippen LogP contribution < -0.4 is 10.6 Å². The van der Waals surface area contributed by atoms with Gasteiger partial charge < -0.3 is 15.4 Å². The summed E-state index contributed by atoms with van der Waals surface area (Å²) in [7, 11) is 0. The van der Waals surface area contributed by atoms with Crippen molar-refractivity contribution in [3.8, 4) is 0 Å². The highest BCUT2D eigenvalue weighted by Crippen LogP contribution is 2.24. The van der Waals surface area contributed by atoms with E-state index in [-0.39, 0.29) is 5.78 Å². The van der Waals surface area contributed by atoms with Crippen molar-refractivity contribution in [2.75, 3.05) is 11.9 Å². The SMILES string of the molecule is CC(C)(C)OC(=O)NCCCCC(=O)c1cccnc1NC1CCC1. The number of nitrogens with zero attached hydrogens (tertiary/aromatic N) is 1. The van der Waals surface area contributed by atoms with Crippen LogP contribution in [0.25, 0.3) is 0 Å². The average molecular weight is 347 g/mol. The van der Waals surface area contributed by atoms with Crippen LogP contribution >= 0.6 is 0 Å². The fourth-order valence-corrected chi connectivity index (χ4v) is 2.54. The monoisotopic (exact) mass is 347 g/mol. The summed E-state index contributed by atoms with van der Waals surface area (Å²) in [6, 6.07) is 4.07. The van der Waals surface area contributed by atoms with Gasteiger partial charge in [-0.25, -0.2) is 9.78 Å². The number of alkyl carbamates (subject to hydrolysis) is 1. The molecular formula is C19H29N3O3. The molecule has 25 heavy (non-hydrogen) atoms. The van der Waals surface area contributed by atoms with Crippen LogP contribution in [0.1, 0.15) is 69.7 Å². The highest BCUT2D eigenvalue weighted by molar-refractivity contribution is 6.00. The molecule has 6 heteroatoms. The number of hydrogen-bond donors (Lipinski definition) is 2. The maximum absolute atomic E-state index is 12.4. The molecule has 1 heterocycles. The van der Waals surface area contributed by atoms with Gasteiger partial charge in [0.05, 0.1) is 5.56 Å². The fourth-order valence-electron chi connectivity index (χ4n) is 2.54. The van der Waals surface area contributed by atoms with Crippen LogP contribution in [0.3, 0.4) is 0 Å². The Morgan fingerprint density at radius 3 is 2.68 bits per heavy atom. The molecule has 0 spiro atoms. The van der Waals surface area contributed by atoms with E-state index in [1.165, 1.54) is 6.42 Å². The van der Waals surface area contributed by atoms with E-state index in [1.54, 1.807) is 12.3 Å². The van der Waals surface area contributed by atoms with Crippen LogP contribution in [-0.2, 0) is 4.74 Å². The third-order valence-electron chi connectivity index (χ3n) is 4.05. The summed E-state index contributed by atoms with van der Waals surface area (Å²) in [6.07, 6.45) is 6.70. The number of unbranched alkanes of at least 4 members (excludes halogenated alkanes) is 1. The maximum atomic E-state index is 12.4. The van der Waals surface area contributed by atoms with Crippen molar-refractivity contribution in [1.82, 2.24) is 10.3 Å². The lowest BCUT2D eigenvalue weighted by atomic mass is 9.93. The van der Waals surface area contributed by atoms with Crippen LogP contribution in [0, 0.1) is 0 Å². The second kappa shape index (κ2) is 8.83. The number of pyridine rings is 1. The van der Waals surface area contributed by atoms with Crippen LogP contribution in [0.4, 0.5) is 10.6 Å². The second-order valence-electron chi connectivity index (χ2n) is 7.48. The van der Waals surface area contributed by atoms with E-state index in [0.717, 1.165) is 19.3 Å². The Labute approximate surface area is 149 Å². The first-order chi connectivity index (χ1) is 11.8. The van der Waals surface area contributed by atoms with Gasteiger partial charge in [-0.2, -0.15) is 0 Å². The Balaban J connectivity index is 1.71. The van der Waals surface area contributed by atoms with Gasteiger partial charge in [-0.1, -0.05) is 0 Å². The lowest BCUT2D eigenvalue weighted by molar-refractivity contribution is 0.0527. The summed E-state index contributed by atoms with van der Waals surface area (Å²) in [5, 5.41) is 6.07.